The average Bonchev–Trinajstić information content (AvgIpc) is 2.72. The third kappa shape index (κ3) is 4.69. The van der Waals surface area contributed by atoms with Gasteiger partial charge in [0.1, 0.15) is 5.69 Å². The summed E-state index contributed by atoms with van der Waals surface area (Å²) in [5.74, 6) is -1.60. The number of fused-ring (bicyclic) bond motifs is 1. The van der Waals surface area contributed by atoms with Gasteiger partial charge >= 0.3 is 5.97 Å². The van der Waals surface area contributed by atoms with E-state index in [1.807, 2.05) is 24.3 Å². The van der Waals surface area contributed by atoms with E-state index < -0.39 is 29.4 Å². The van der Waals surface area contributed by atoms with Gasteiger partial charge in [0.25, 0.3) is 11.6 Å². The fourth-order valence-corrected chi connectivity index (χ4v) is 3.20. The highest BCUT2D eigenvalue weighted by Gasteiger charge is 2.29. The van der Waals surface area contributed by atoms with Crippen LogP contribution >= 0.6 is 0 Å². The summed E-state index contributed by atoms with van der Waals surface area (Å²) < 4.78 is 5.04. The third-order valence-electron chi connectivity index (χ3n) is 4.57. The lowest BCUT2D eigenvalue weighted by Gasteiger charge is -2.32. The Hall–Kier alpha value is -4.01. The molecule has 0 bridgehead atoms. The largest absolute Gasteiger partial charge is 0.455 e. The van der Waals surface area contributed by atoms with Gasteiger partial charge in [0, 0.05) is 19.2 Å². The Kier molecular flexibility index (Phi) is 6.21. The lowest BCUT2D eigenvalue weighted by atomic mass is 9.94. The van der Waals surface area contributed by atoms with Gasteiger partial charge in [-0.2, -0.15) is 0 Å². The Bertz CT molecular complexity index is 1030. The van der Waals surface area contributed by atoms with Crippen LogP contribution in [0.15, 0.2) is 54.7 Å². The van der Waals surface area contributed by atoms with E-state index in [-0.39, 0.29) is 23.7 Å². The number of nitrogens with one attached hydrogen (secondary N) is 1. The number of hydrogen-bond donors (Lipinski definition) is 1. The van der Waals surface area contributed by atoms with Gasteiger partial charge in [0.2, 0.25) is 5.91 Å². The highest BCUT2D eigenvalue weighted by molar-refractivity contribution is 5.94. The molecule has 0 unspecified atom stereocenters. The fourth-order valence-electron chi connectivity index (χ4n) is 3.20. The Morgan fingerprint density at radius 3 is 2.57 bits per heavy atom. The molecule has 1 aliphatic rings. The van der Waals surface area contributed by atoms with Crippen molar-refractivity contribution in [2.24, 2.45) is 0 Å². The van der Waals surface area contributed by atoms with Crippen LogP contribution in [0.3, 0.4) is 0 Å². The number of para-hydroxylation sites is 2. The van der Waals surface area contributed by atoms with Crippen LogP contribution in [0, 0.1) is 10.1 Å². The van der Waals surface area contributed by atoms with Gasteiger partial charge in [-0.15, -0.1) is 0 Å². The molecule has 1 N–H and O–H groups in total. The van der Waals surface area contributed by atoms with Crippen molar-refractivity contribution in [3.05, 3.63) is 76.0 Å². The molecule has 0 saturated heterocycles. The maximum Gasteiger partial charge on any atom is 0.308 e. The Labute approximate surface area is 172 Å². The first-order chi connectivity index (χ1) is 14.4. The SMILES string of the molecule is CC(=O)N1C=Cc2ccccc2[C@@H]1CC(=O)OCC(=O)Nc1ccccc1[N+](=O)[O-]. The number of nitro groups is 1. The molecule has 30 heavy (non-hydrogen) atoms. The molecule has 0 radical (unpaired) electrons. The summed E-state index contributed by atoms with van der Waals surface area (Å²) in [6, 6.07) is 12.5. The summed E-state index contributed by atoms with van der Waals surface area (Å²) in [6.07, 6.45) is 3.27. The second kappa shape index (κ2) is 8.99. The van der Waals surface area contributed by atoms with E-state index in [2.05, 4.69) is 5.32 Å². The van der Waals surface area contributed by atoms with E-state index in [4.69, 9.17) is 4.74 Å². The zero-order chi connectivity index (χ0) is 21.7. The zero-order valence-electron chi connectivity index (χ0n) is 16.1. The van der Waals surface area contributed by atoms with E-state index in [0.717, 1.165) is 11.1 Å². The van der Waals surface area contributed by atoms with Gasteiger partial charge in [-0.3, -0.25) is 24.5 Å². The second-order valence-corrected chi connectivity index (χ2v) is 6.57. The molecule has 1 aliphatic heterocycles. The number of esters is 1. The predicted octanol–water partition coefficient (Wildman–Crippen LogP) is 3.04. The van der Waals surface area contributed by atoms with Crippen molar-refractivity contribution in [1.29, 1.82) is 0 Å². The number of nitrogens with zero attached hydrogens (tertiary/aromatic N) is 2. The van der Waals surface area contributed by atoms with Gasteiger partial charge in [-0.1, -0.05) is 36.4 Å². The van der Waals surface area contributed by atoms with Crippen LogP contribution in [-0.4, -0.2) is 34.2 Å². The van der Waals surface area contributed by atoms with Crippen molar-refractivity contribution >= 4 is 35.2 Å². The van der Waals surface area contributed by atoms with E-state index in [0.29, 0.717) is 0 Å². The molecule has 2 aromatic rings. The first-order valence-electron chi connectivity index (χ1n) is 9.11. The first-order valence-corrected chi connectivity index (χ1v) is 9.11. The smallest absolute Gasteiger partial charge is 0.308 e. The molecule has 9 heteroatoms. The summed E-state index contributed by atoms with van der Waals surface area (Å²) in [6.45, 7) is 0.798. The molecule has 0 fully saturated rings. The molecule has 1 heterocycles. The minimum absolute atomic E-state index is 0.0117. The number of rotatable bonds is 6. The highest BCUT2D eigenvalue weighted by atomic mass is 16.6. The van der Waals surface area contributed by atoms with Crippen LogP contribution in [0.5, 0.6) is 0 Å². The fraction of sp³-hybridized carbons (Fsp3) is 0.190. The molecular formula is C21H19N3O6. The first kappa shape index (κ1) is 20.7. The van der Waals surface area contributed by atoms with E-state index in [9.17, 15) is 24.5 Å². The molecule has 1 atom stereocenters. The van der Waals surface area contributed by atoms with Gasteiger partial charge in [0.15, 0.2) is 6.61 Å². The van der Waals surface area contributed by atoms with Crippen LogP contribution < -0.4 is 5.32 Å². The molecule has 2 aromatic carbocycles. The van der Waals surface area contributed by atoms with Gasteiger partial charge in [-0.05, 0) is 23.3 Å². The number of carbonyl (C=O) groups excluding carboxylic acids is 3. The number of hydrogen-bond acceptors (Lipinski definition) is 6. The number of nitro benzene ring substituents is 1. The van der Waals surface area contributed by atoms with Crippen LogP contribution in [0.4, 0.5) is 11.4 Å². The number of anilines is 1. The lowest BCUT2D eigenvalue weighted by Crippen LogP contribution is -2.33. The normalized spacial score (nSPS) is 14.6. The second-order valence-electron chi connectivity index (χ2n) is 6.57. The Morgan fingerprint density at radius 2 is 1.83 bits per heavy atom. The molecule has 0 aliphatic carbocycles. The summed E-state index contributed by atoms with van der Waals surface area (Å²) in [5, 5.41) is 13.4. The summed E-state index contributed by atoms with van der Waals surface area (Å²) in [4.78, 5) is 48.2. The van der Waals surface area contributed by atoms with Crippen molar-refractivity contribution in [1.82, 2.24) is 4.90 Å². The number of amides is 2. The molecule has 3 rings (SSSR count). The minimum atomic E-state index is -0.704. The molecule has 154 valence electrons. The quantitative estimate of drug-likeness (QED) is 0.445. The van der Waals surface area contributed by atoms with Crippen LogP contribution in [0.25, 0.3) is 6.08 Å². The molecule has 2 amide bonds. The van der Waals surface area contributed by atoms with Crippen LogP contribution in [-0.2, 0) is 19.1 Å². The third-order valence-corrected chi connectivity index (χ3v) is 4.57. The van der Waals surface area contributed by atoms with E-state index in [1.165, 1.54) is 30.0 Å². The van der Waals surface area contributed by atoms with Crippen molar-refractivity contribution in [3.8, 4) is 0 Å². The molecule has 9 nitrogen and oxygen atoms in total. The van der Waals surface area contributed by atoms with Crippen molar-refractivity contribution in [3.63, 3.8) is 0 Å². The van der Waals surface area contributed by atoms with Gasteiger partial charge in [0.05, 0.1) is 17.4 Å². The Morgan fingerprint density at radius 1 is 1.13 bits per heavy atom. The number of ether oxygens (including phenoxy) is 1. The standard InChI is InChI=1S/C21H19N3O6/c1-14(25)23-11-10-15-6-2-3-7-16(15)19(23)12-21(27)30-13-20(26)22-17-8-4-5-9-18(17)24(28)29/h2-11,19H,12-13H2,1H3,(H,22,26)/t19-/m0/s1. The molecular weight excluding hydrogens is 390 g/mol. The molecule has 0 aromatic heterocycles. The summed E-state index contributed by atoms with van der Waals surface area (Å²) >= 11 is 0. The van der Waals surface area contributed by atoms with Crippen molar-refractivity contribution in [2.45, 2.75) is 19.4 Å². The lowest BCUT2D eigenvalue weighted by molar-refractivity contribution is -0.383. The predicted molar refractivity (Wildman–Crippen MR) is 108 cm³/mol. The van der Waals surface area contributed by atoms with Crippen molar-refractivity contribution in [2.75, 3.05) is 11.9 Å². The molecule has 0 spiro atoms. The number of benzene rings is 2. The molecule has 0 saturated carbocycles. The minimum Gasteiger partial charge on any atom is -0.455 e. The van der Waals surface area contributed by atoms with E-state index >= 15 is 0 Å². The van der Waals surface area contributed by atoms with Crippen molar-refractivity contribution < 1.29 is 24.0 Å². The monoisotopic (exact) mass is 409 g/mol. The summed E-state index contributed by atoms with van der Waals surface area (Å²) in [7, 11) is 0. The summed E-state index contributed by atoms with van der Waals surface area (Å²) in [5.41, 5.74) is 1.44. The Balaban J connectivity index is 1.63. The van der Waals surface area contributed by atoms with E-state index in [1.54, 1.807) is 18.3 Å². The number of carbonyl (C=O) groups is 3. The average molecular weight is 409 g/mol. The van der Waals surface area contributed by atoms with Gasteiger partial charge in [-0.25, -0.2) is 0 Å². The maximum absolute atomic E-state index is 12.3. The zero-order valence-corrected chi connectivity index (χ0v) is 16.1. The van der Waals surface area contributed by atoms with Crippen LogP contribution in [0.2, 0.25) is 0 Å². The maximum atomic E-state index is 12.3. The van der Waals surface area contributed by atoms with Gasteiger partial charge < -0.3 is 15.0 Å². The van der Waals surface area contributed by atoms with Crippen LogP contribution in [0.1, 0.15) is 30.5 Å². The highest BCUT2D eigenvalue weighted by Crippen LogP contribution is 2.33. The topological polar surface area (TPSA) is 119 Å².